The Balaban J connectivity index is 2.10. The molecular formula is C13H15N3. The van der Waals surface area contributed by atoms with Gasteiger partial charge in [0.2, 0.25) is 0 Å². The van der Waals surface area contributed by atoms with Crippen LogP contribution < -0.4 is 5.73 Å². The van der Waals surface area contributed by atoms with Crippen LogP contribution in [0.25, 0.3) is 10.9 Å². The van der Waals surface area contributed by atoms with E-state index in [1.165, 1.54) is 10.9 Å². The molecule has 0 bridgehead atoms. The number of aromatic amines is 1. The molecule has 0 aliphatic heterocycles. The maximum absolute atomic E-state index is 7.10. The Morgan fingerprint density at radius 1 is 1.31 bits per heavy atom. The molecule has 0 radical (unpaired) electrons. The lowest BCUT2D eigenvalue weighted by atomic mass is 10.1. The average Bonchev–Trinajstić information content (AvgIpc) is 2.68. The van der Waals surface area contributed by atoms with Gasteiger partial charge in [-0.1, -0.05) is 30.4 Å². The van der Waals surface area contributed by atoms with Crippen LogP contribution in [0.4, 0.5) is 0 Å². The van der Waals surface area contributed by atoms with Gasteiger partial charge in [-0.15, -0.1) is 0 Å². The number of nitrogens with two attached hydrogens (primary N) is 1. The normalized spacial score (nSPS) is 11.2. The molecule has 82 valence electrons. The average molecular weight is 213 g/mol. The molecule has 0 fully saturated rings. The Morgan fingerprint density at radius 2 is 2.12 bits per heavy atom. The van der Waals surface area contributed by atoms with Crippen LogP contribution in [0, 0.1) is 5.41 Å². The Hall–Kier alpha value is -2.03. The molecule has 0 spiro atoms. The van der Waals surface area contributed by atoms with Crippen molar-refractivity contribution in [1.29, 1.82) is 5.41 Å². The molecule has 0 amide bonds. The van der Waals surface area contributed by atoms with Crippen LogP contribution in [0.15, 0.2) is 42.6 Å². The third-order valence-corrected chi connectivity index (χ3v) is 2.52. The lowest BCUT2D eigenvalue weighted by Gasteiger charge is -1.93. The molecule has 0 saturated heterocycles. The summed E-state index contributed by atoms with van der Waals surface area (Å²) in [4.78, 5) is 3.24. The smallest absolute Gasteiger partial charge is 0.0943 e. The highest BCUT2D eigenvalue weighted by molar-refractivity contribution is 5.83. The van der Waals surface area contributed by atoms with Crippen LogP contribution in [0.5, 0.6) is 0 Å². The van der Waals surface area contributed by atoms with E-state index in [2.05, 4.69) is 23.2 Å². The highest BCUT2D eigenvalue weighted by Gasteiger charge is 1.99. The van der Waals surface area contributed by atoms with Crippen molar-refractivity contribution in [3.05, 3.63) is 48.2 Å². The highest BCUT2D eigenvalue weighted by atomic mass is 14.7. The van der Waals surface area contributed by atoms with Gasteiger partial charge in [-0.2, -0.15) is 0 Å². The Labute approximate surface area is 94.5 Å². The number of H-pyrrole nitrogens is 1. The molecular weight excluding hydrogens is 198 g/mol. The van der Waals surface area contributed by atoms with Crippen molar-refractivity contribution in [3.63, 3.8) is 0 Å². The molecule has 1 aromatic heterocycles. The zero-order valence-corrected chi connectivity index (χ0v) is 9.03. The lowest BCUT2D eigenvalue weighted by molar-refractivity contribution is 1.24. The largest absolute Gasteiger partial charge is 0.387 e. The third kappa shape index (κ3) is 2.31. The van der Waals surface area contributed by atoms with E-state index in [0.29, 0.717) is 6.42 Å². The Kier molecular flexibility index (Phi) is 3.05. The predicted molar refractivity (Wildman–Crippen MR) is 67.7 cm³/mol. The van der Waals surface area contributed by atoms with Gasteiger partial charge >= 0.3 is 0 Å². The molecule has 1 aromatic carbocycles. The molecule has 3 nitrogen and oxygen atoms in total. The summed E-state index contributed by atoms with van der Waals surface area (Å²) in [6, 6.07) is 8.24. The van der Waals surface area contributed by atoms with E-state index in [1.54, 1.807) is 0 Å². The second-order valence-electron chi connectivity index (χ2n) is 3.76. The minimum absolute atomic E-state index is 0.204. The van der Waals surface area contributed by atoms with E-state index in [-0.39, 0.29) is 5.84 Å². The van der Waals surface area contributed by atoms with Crippen molar-refractivity contribution in [3.8, 4) is 0 Å². The van der Waals surface area contributed by atoms with E-state index in [9.17, 15) is 0 Å². The van der Waals surface area contributed by atoms with Gasteiger partial charge in [-0.3, -0.25) is 5.41 Å². The van der Waals surface area contributed by atoms with Crippen LogP contribution in [-0.2, 0) is 6.42 Å². The molecule has 0 unspecified atom stereocenters. The summed E-state index contributed by atoms with van der Waals surface area (Å²) in [6.45, 7) is 0. The second-order valence-corrected chi connectivity index (χ2v) is 3.76. The van der Waals surface area contributed by atoms with Crippen molar-refractivity contribution < 1.29 is 0 Å². The van der Waals surface area contributed by atoms with E-state index in [4.69, 9.17) is 11.1 Å². The van der Waals surface area contributed by atoms with Gasteiger partial charge in [0.05, 0.1) is 5.84 Å². The summed E-state index contributed by atoms with van der Waals surface area (Å²) >= 11 is 0. The van der Waals surface area contributed by atoms with Gasteiger partial charge in [0, 0.05) is 23.5 Å². The number of fused-ring (bicyclic) bond motifs is 1. The van der Waals surface area contributed by atoms with Gasteiger partial charge in [0.15, 0.2) is 0 Å². The van der Waals surface area contributed by atoms with Gasteiger partial charge in [0.1, 0.15) is 0 Å². The van der Waals surface area contributed by atoms with Crippen molar-refractivity contribution in [1.82, 2.24) is 4.98 Å². The van der Waals surface area contributed by atoms with Gasteiger partial charge in [-0.25, -0.2) is 0 Å². The molecule has 2 rings (SSSR count). The fourth-order valence-corrected chi connectivity index (χ4v) is 1.72. The van der Waals surface area contributed by atoms with Crippen molar-refractivity contribution in [2.24, 2.45) is 5.73 Å². The molecule has 0 atom stereocenters. The first-order valence-corrected chi connectivity index (χ1v) is 5.30. The van der Waals surface area contributed by atoms with Crippen LogP contribution in [0.2, 0.25) is 0 Å². The molecule has 1 heterocycles. The number of aromatic nitrogens is 1. The number of allylic oxidation sites excluding steroid dienone is 1. The number of amidine groups is 1. The standard InChI is InChI=1S/C13H15N3/c14-13(15)8-4-1-5-10-9-16-12-7-3-2-6-11(10)12/h1-4,6-7,9,16H,5,8H2,(H3,14,15). The number of rotatable bonds is 4. The zero-order valence-electron chi connectivity index (χ0n) is 9.03. The molecule has 16 heavy (non-hydrogen) atoms. The van der Waals surface area contributed by atoms with Crippen molar-refractivity contribution in [2.45, 2.75) is 12.8 Å². The Morgan fingerprint density at radius 3 is 2.94 bits per heavy atom. The van der Waals surface area contributed by atoms with E-state index < -0.39 is 0 Å². The highest BCUT2D eigenvalue weighted by Crippen LogP contribution is 2.18. The fraction of sp³-hybridized carbons (Fsp3) is 0.154. The molecule has 2 aromatic rings. The maximum atomic E-state index is 7.10. The summed E-state index contributed by atoms with van der Waals surface area (Å²) in [6.07, 6.45) is 7.42. The van der Waals surface area contributed by atoms with E-state index in [0.717, 1.165) is 11.9 Å². The summed E-state index contributed by atoms with van der Waals surface area (Å²) in [7, 11) is 0. The number of para-hydroxylation sites is 1. The lowest BCUT2D eigenvalue weighted by Crippen LogP contribution is -2.06. The fourth-order valence-electron chi connectivity index (χ4n) is 1.72. The monoisotopic (exact) mass is 213 g/mol. The SMILES string of the molecule is N=C(N)CC=CCc1c[nH]c2ccccc12. The molecule has 3 heteroatoms. The number of benzene rings is 1. The first-order chi connectivity index (χ1) is 7.77. The zero-order chi connectivity index (χ0) is 11.4. The summed E-state index contributed by atoms with van der Waals surface area (Å²) in [5, 5.41) is 8.36. The van der Waals surface area contributed by atoms with Gasteiger partial charge in [0.25, 0.3) is 0 Å². The van der Waals surface area contributed by atoms with Crippen LogP contribution in [0.1, 0.15) is 12.0 Å². The predicted octanol–water partition coefficient (Wildman–Crippen LogP) is 2.59. The molecule has 0 aliphatic carbocycles. The Bertz CT molecular complexity index is 523. The van der Waals surface area contributed by atoms with E-state index in [1.807, 2.05) is 24.4 Å². The van der Waals surface area contributed by atoms with Crippen LogP contribution in [0.3, 0.4) is 0 Å². The van der Waals surface area contributed by atoms with Gasteiger partial charge < -0.3 is 10.7 Å². The summed E-state index contributed by atoms with van der Waals surface area (Å²) in [5.41, 5.74) is 7.71. The summed E-state index contributed by atoms with van der Waals surface area (Å²) in [5.74, 6) is 0.204. The number of hydrogen-bond acceptors (Lipinski definition) is 1. The minimum atomic E-state index is 0.204. The second kappa shape index (κ2) is 4.66. The number of hydrogen-bond donors (Lipinski definition) is 3. The van der Waals surface area contributed by atoms with Gasteiger partial charge in [-0.05, 0) is 18.1 Å². The van der Waals surface area contributed by atoms with E-state index >= 15 is 0 Å². The summed E-state index contributed by atoms with van der Waals surface area (Å²) < 4.78 is 0. The van der Waals surface area contributed by atoms with Crippen molar-refractivity contribution >= 4 is 16.7 Å². The number of nitrogens with one attached hydrogen (secondary N) is 2. The first-order valence-electron chi connectivity index (χ1n) is 5.30. The van der Waals surface area contributed by atoms with Crippen molar-refractivity contribution in [2.75, 3.05) is 0 Å². The van der Waals surface area contributed by atoms with Crippen LogP contribution >= 0.6 is 0 Å². The molecule has 0 aliphatic rings. The van der Waals surface area contributed by atoms with Crippen LogP contribution in [-0.4, -0.2) is 10.8 Å². The third-order valence-electron chi connectivity index (χ3n) is 2.52. The molecule has 4 N–H and O–H groups in total. The quantitative estimate of drug-likeness (QED) is 0.408. The molecule has 0 saturated carbocycles. The topological polar surface area (TPSA) is 65.7 Å². The first kappa shape index (κ1) is 10.5. The maximum Gasteiger partial charge on any atom is 0.0943 e. The minimum Gasteiger partial charge on any atom is -0.387 e.